The number of hydrogen-bond acceptors (Lipinski definition) is 4. The van der Waals surface area contributed by atoms with Crippen LogP contribution in [0.4, 0.5) is 13.2 Å². The van der Waals surface area contributed by atoms with Crippen LogP contribution >= 0.6 is 0 Å². The Kier molecular flexibility index (Phi) is 4.68. The van der Waals surface area contributed by atoms with E-state index < -0.39 is 17.8 Å². The Bertz CT molecular complexity index is 1250. The maximum Gasteiger partial charge on any atom is 0.266 e. The zero-order valence-corrected chi connectivity index (χ0v) is 16.2. The summed E-state index contributed by atoms with van der Waals surface area (Å²) in [7, 11) is 0. The van der Waals surface area contributed by atoms with Crippen LogP contribution in [0.3, 0.4) is 0 Å². The van der Waals surface area contributed by atoms with Crippen LogP contribution in [0.5, 0.6) is 0 Å². The van der Waals surface area contributed by atoms with Crippen LogP contribution in [0, 0.1) is 5.82 Å². The quantitative estimate of drug-likeness (QED) is 0.530. The summed E-state index contributed by atoms with van der Waals surface area (Å²) in [6.07, 6.45) is 3.59. The molecule has 0 radical (unpaired) electrons. The average molecular weight is 426 g/mol. The molecule has 0 aliphatic carbocycles. The second kappa shape index (κ2) is 7.53. The highest BCUT2D eigenvalue weighted by Crippen LogP contribution is 2.29. The maximum atomic E-state index is 13.6. The minimum Gasteiger partial charge on any atom is -0.348 e. The molecule has 5 rings (SSSR count). The van der Waals surface area contributed by atoms with Crippen molar-refractivity contribution < 1.29 is 18.0 Å². The van der Waals surface area contributed by atoms with Crippen molar-refractivity contribution in [3.63, 3.8) is 0 Å². The molecule has 3 aromatic heterocycles. The standard InChI is InChI=1S/C21H17F3N6O/c22-16-2-1-12(5-15(16)20(23)24)13-6-18-17(27-7-13)8-28-30(18)11-19(31)29-9-14(10-29)21-25-3-4-26-21/h1-8,14,20H,9-11H2,(H,25,26). The number of aromatic amines is 1. The number of pyridine rings is 1. The Labute approximate surface area is 174 Å². The van der Waals surface area contributed by atoms with Gasteiger partial charge in [-0.15, -0.1) is 0 Å². The number of imidazole rings is 1. The number of aromatic nitrogens is 5. The van der Waals surface area contributed by atoms with Crippen molar-refractivity contribution in [3.8, 4) is 11.1 Å². The lowest BCUT2D eigenvalue weighted by Gasteiger charge is -2.38. The first-order valence-corrected chi connectivity index (χ1v) is 9.66. The maximum absolute atomic E-state index is 13.6. The van der Waals surface area contributed by atoms with Crippen molar-refractivity contribution >= 4 is 16.9 Å². The van der Waals surface area contributed by atoms with Crippen LogP contribution < -0.4 is 0 Å². The molecule has 4 heterocycles. The molecule has 1 amide bonds. The predicted molar refractivity (Wildman–Crippen MR) is 106 cm³/mol. The van der Waals surface area contributed by atoms with E-state index in [2.05, 4.69) is 20.1 Å². The normalized spacial score (nSPS) is 14.4. The Morgan fingerprint density at radius 1 is 1.16 bits per heavy atom. The second-order valence-electron chi connectivity index (χ2n) is 7.44. The van der Waals surface area contributed by atoms with Gasteiger partial charge in [-0.05, 0) is 23.8 Å². The van der Waals surface area contributed by atoms with Crippen molar-refractivity contribution in [2.24, 2.45) is 0 Å². The van der Waals surface area contributed by atoms with Gasteiger partial charge >= 0.3 is 0 Å². The third kappa shape index (κ3) is 3.54. The zero-order chi connectivity index (χ0) is 21.5. The number of carbonyl (C=O) groups excluding carboxylic acids is 1. The van der Waals surface area contributed by atoms with E-state index in [0.29, 0.717) is 35.2 Å². The van der Waals surface area contributed by atoms with Crippen LogP contribution in [-0.2, 0) is 11.3 Å². The summed E-state index contributed by atoms with van der Waals surface area (Å²) in [6, 6.07) is 5.27. The van der Waals surface area contributed by atoms with Crippen molar-refractivity contribution in [2.75, 3.05) is 13.1 Å². The first-order chi connectivity index (χ1) is 15.0. The highest BCUT2D eigenvalue weighted by Gasteiger charge is 2.33. The molecule has 0 bridgehead atoms. The molecule has 0 saturated carbocycles. The highest BCUT2D eigenvalue weighted by atomic mass is 19.3. The van der Waals surface area contributed by atoms with Gasteiger partial charge < -0.3 is 9.88 Å². The number of hydrogen-bond donors (Lipinski definition) is 1. The zero-order valence-electron chi connectivity index (χ0n) is 16.2. The topological polar surface area (TPSA) is 79.7 Å². The van der Waals surface area contributed by atoms with E-state index in [1.807, 2.05) is 0 Å². The molecule has 1 N–H and O–H groups in total. The van der Waals surface area contributed by atoms with Crippen molar-refractivity contribution in [2.45, 2.75) is 18.9 Å². The van der Waals surface area contributed by atoms with E-state index in [1.54, 1.807) is 29.6 Å². The number of nitrogens with one attached hydrogen (secondary N) is 1. The lowest BCUT2D eigenvalue weighted by atomic mass is 9.99. The molecular formula is C21H17F3N6O. The monoisotopic (exact) mass is 426 g/mol. The number of alkyl halides is 2. The average Bonchev–Trinajstić information content (AvgIpc) is 3.37. The van der Waals surface area contributed by atoms with Crippen molar-refractivity contribution in [1.29, 1.82) is 0 Å². The molecule has 1 aliphatic heterocycles. The molecule has 1 saturated heterocycles. The highest BCUT2D eigenvalue weighted by molar-refractivity contribution is 5.83. The molecule has 158 valence electrons. The fraction of sp³-hybridized carbons (Fsp3) is 0.238. The lowest BCUT2D eigenvalue weighted by Crippen LogP contribution is -2.50. The number of H-pyrrole nitrogens is 1. The number of nitrogens with zero attached hydrogens (tertiary/aromatic N) is 5. The van der Waals surface area contributed by atoms with Crippen LogP contribution in [0.1, 0.15) is 23.7 Å². The largest absolute Gasteiger partial charge is 0.348 e. The van der Waals surface area contributed by atoms with Crippen LogP contribution in [0.15, 0.2) is 49.1 Å². The fourth-order valence-corrected chi connectivity index (χ4v) is 3.71. The lowest BCUT2D eigenvalue weighted by molar-refractivity contribution is -0.136. The van der Waals surface area contributed by atoms with E-state index in [9.17, 15) is 18.0 Å². The van der Waals surface area contributed by atoms with Gasteiger partial charge in [0.1, 0.15) is 23.7 Å². The van der Waals surface area contributed by atoms with E-state index in [-0.39, 0.29) is 18.4 Å². The summed E-state index contributed by atoms with van der Waals surface area (Å²) < 4.78 is 41.3. The smallest absolute Gasteiger partial charge is 0.266 e. The summed E-state index contributed by atoms with van der Waals surface area (Å²) in [5, 5.41) is 4.25. The van der Waals surface area contributed by atoms with Crippen LogP contribution in [0.2, 0.25) is 0 Å². The molecule has 0 unspecified atom stereocenters. The molecule has 1 fully saturated rings. The van der Waals surface area contributed by atoms with E-state index in [4.69, 9.17) is 0 Å². The van der Waals surface area contributed by atoms with Gasteiger partial charge in [-0.2, -0.15) is 5.10 Å². The van der Waals surface area contributed by atoms with E-state index in [1.165, 1.54) is 16.9 Å². The number of fused-ring (bicyclic) bond motifs is 1. The molecule has 1 aliphatic rings. The SMILES string of the molecule is O=C(Cn1ncc2ncc(-c3ccc(F)c(C(F)F)c3)cc21)N1CC(c2ncc[nH]2)C1. The second-order valence-corrected chi connectivity index (χ2v) is 7.44. The number of carbonyl (C=O) groups is 1. The molecule has 10 heteroatoms. The third-order valence-electron chi connectivity index (χ3n) is 5.48. The van der Waals surface area contributed by atoms with Gasteiger partial charge in [-0.1, -0.05) is 6.07 Å². The Morgan fingerprint density at radius 2 is 2.00 bits per heavy atom. The first kappa shape index (κ1) is 19.3. The Hall–Kier alpha value is -3.69. The van der Waals surface area contributed by atoms with Crippen molar-refractivity contribution in [3.05, 3.63) is 66.3 Å². The Morgan fingerprint density at radius 3 is 2.74 bits per heavy atom. The summed E-state index contributed by atoms with van der Waals surface area (Å²) >= 11 is 0. The number of likely N-dealkylation sites (tertiary alicyclic amines) is 1. The Balaban J connectivity index is 1.36. The fourth-order valence-electron chi connectivity index (χ4n) is 3.71. The minimum atomic E-state index is -2.92. The molecule has 7 nitrogen and oxygen atoms in total. The molecule has 31 heavy (non-hydrogen) atoms. The van der Waals surface area contributed by atoms with Gasteiger partial charge in [0.2, 0.25) is 5.91 Å². The van der Waals surface area contributed by atoms with E-state index in [0.717, 1.165) is 18.0 Å². The van der Waals surface area contributed by atoms with Gasteiger partial charge in [0, 0.05) is 37.2 Å². The summed E-state index contributed by atoms with van der Waals surface area (Å²) in [5.41, 5.74) is 1.45. The van der Waals surface area contributed by atoms with Gasteiger partial charge in [0.15, 0.2) is 0 Å². The number of halogens is 3. The van der Waals surface area contributed by atoms with Gasteiger partial charge in [0.25, 0.3) is 6.43 Å². The molecule has 0 spiro atoms. The third-order valence-corrected chi connectivity index (χ3v) is 5.48. The predicted octanol–water partition coefficient (Wildman–Crippen LogP) is 3.52. The van der Waals surface area contributed by atoms with Crippen LogP contribution in [0.25, 0.3) is 22.2 Å². The van der Waals surface area contributed by atoms with Gasteiger partial charge in [0.05, 0.1) is 23.2 Å². The molecular weight excluding hydrogens is 409 g/mol. The summed E-state index contributed by atoms with van der Waals surface area (Å²) in [6.45, 7) is 1.20. The minimum absolute atomic E-state index is 0.0329. The number of amides is 1. The van der Waals surface area contributed by atoms with Crippen molar-refractivity contribution in [1.82, 2.24) is 29.6 Å². The summed E-state index contributed by atoms with van der Waals surface area (Å²) in [4.78, 5) is 26.0. The molecule has 4 aromatic rings. The first-order valence-electron chi connectivity index (χ1n) is 9.66. The number of benzene rings is 1. The molecule has 1 aromatic carbocycles. The number of rotatable bonds is 5. The van der Waals surface area contributed by atoms with Crippen LogP contribution in [-0.4, -0.2) is 48.6 Å². The molecule has 0 atom stereocenters. The van der Waals surface area contributed by atoms with Gasteiger partial charge in [-0.25, -0.2) is 18.2 Å². The summed E-state index contributed by atoms with van der Waals surface area (Å²) in [5.74, 6) is 0.0276. The van der Waals surface area contributed by atoms with E-state index >= 15 is 0 Å². The van der Waals surface area contributed by atoms with Gasteiger partial charge in [-0.3, -0.25) is 14.5 Å².